The van der Waals surface area contributed by atoms with Crippen LogP contribution in [0.25, 0.3) is 0 Å². The zero-order valence-electron chi connectivity index (χ0n) is 18.1. The number of ether oxygens (including phenoxy) is 1. The number of amides is 4. The largest absolute Gasteiger partial charge is 0.454 e. The van der Waals surface area contributed by atoms with Gasteiger partial charge in [0.2, 0.25) is 0 Å². The van der Waals surface area contributed by atoms with Gasteiger partial charge in [-0.1, -0.05) is 44.9 Å². The van der Waals surface area contributed by atoms with Crippen molar-refractivity contribution in [3.63, 3.8) is 0 Å². The second-order valence-corrected chi connectivity index (χ2v) is 7.76. The normalized spacial score (nSPS) is 15.3. The van der Waals surface area contributed by atoms with E-state index in [1.165, 1.54) is 4.90 Å². The summed E-state index contributed by atoms with van der Waals surface area (Å²) in [6.07, 6.45) is 2.47. The molecule has 1 aromatic rings. The monoisotopic (exact) mass is 417 g/mol. The van der Waals surface area contributed by atoms with Crippen molar-refractivity contribution < 1.29 is 23.9 Å². The Labute approximate surface area is 177 Å². The summed E-state index contributed by atoms with van der Waals surface area (Å²) in [5.74, 6) is -1.59. The molecule has 1 fully saturated rings. The lowest BCUT2D eigenvalue weighted by Crippen LogP contribution is -2.47. The number of carbonyl (C=O) groups is 4. The lowest BCUT2D eigenvalue weighted by molar-refractivity contribution is -0.150. The molecule has 1 aromatic carbocycles. The van der Waals surface area contributed by atoms with Crippen molar-refractivity contribution in [2.45, 2.75) is 65.0 Å². The highest BCUT2D eigenvalue weighted by Gasteiger charge is 2.50. The number of carbonyl (C=O) groups excluding carboxylic acids is 4. The summed E-state index contributed by atoms with van der Waals surface area (Å²) in [5, 5.41) is 2.75. The summed E-state index contributed by atoms with van der Waals surface area (Å²) in [4.78, 5) is 52.5. The van der Waals surface area contributed by atoms with Crippen molar-refractivity contribution >= 4 is 29.5 Å². The van der Waals surface area contributed by atoms with E-state index in [0.29, 0.717) is 18.5 Å². The molecule has 4 amide bonds. The Morgan fingerprint density at radius 1 is 1.10 bits per heavy atom. The summed E-state index contributed by atoms with van der Waals surface area (Å²) < 4.78 is 5.10. The van der Waals surface area contributed by atoms with Crippen LogP contribution in [0.4, 0.5) is 10.5 Å². The first kappa shape index (κ1) is 23.4. The van der Waals surface area contributed by atoms with Gasteiger partial charge in [-0.05, 0) is 38.8 Å². The number of nitrogens with zero attached hydrogens (tertiary/aromatic N) is 2. The maximum Gasteiger partial charge on any atom is 0.326 e. The molecule has 0 aliphatic carbocycles. The smallest absolute Gasteiger partial charge is 0.326 e. The van der Waals surface area contributed by atoms with Crippen molar-refractivity contribution in [2.24, 2.45) is 0 Å². The quantitative estimate of drug-likeness (QED) is 0.466. The number of benzene rings is 1. The average Bonchev–Trinajstić information content (AvgIpc) is 2.92. The van der Waals surface area contributed by atoms with Gasteiger partial charge in [0, 0.05) is 11.7 Å². The van der Waals surface area contributed by atoms with Crippen LogP contribution in [-0.2, 0) is 19.1 Å². The van der Waals surface area contributed by atoms with Crippen molar-refractivity contribution in [1.82, 2.24) is 10.2 Å². The molecule has 0 radical (unpaired) electrons. The van der Waals surface area contributed by atoms with E-state index < -0.39 is 36.6 Å². The number of hydrogen-bond acceptors (Lipinski definition) is 5. The van der Waals surface area contributed by atoms with E-state index >= 15 is 0 Å². The number of hydrogen-bond donors (Lipinski definition) is 1. The van der Waals surface area contributed by atoms with E-state index in [2.05, 4.69) is 5.32 Å². The predicted octanol–water partition coefficient (Wildman–Crippen LogP) is 2.86. The molecule has 0 saturated carbocycles. The fourth-order valence-electron chi connectivity index (χ4n) is 3.84. The van der Waals surface area contributed by atoms with Crippen LogP contribution in [0.15, 0.2) is 30.3 Å². The summed E-state index contributed by atoms with van der Waals surface area (Å²) in [7, 11) is 0. The van der Waals surface area contributed by atoms with E-state index in [0.717, 1.165) is 17.7 Å². The predicted molar refractivity (Wildman–Crippen MR) is 113 cm³/mol. The second-order valence-electron chi connectivity index (χ2n) is 7.76. The van der Waals surface area contributed by atoms with Crippen LogP contribution in [0.5, 0.6) is 0 Å². The van der Waals surface area contributed by atoms with Gasteiger partial charge in [-0.2, -0.15) is 0 Å². The van der Waals surface area contributed by atoms with Crippen molar-refractivity contribution in [3.05, 3.63) is 30.3 Å². The molecule has 8 heteroatoms. The highest BCUT2D eigenvalue weighted by Crippen LogP contribution is 2.28. The summed E-state index contributed by atoms with van der Waals surface area (Å²) in [6.45, 7) is 6.62. The number of esters is 1. The summed E-state index contributed by atoms with van der Waals surface area (Å²) >= 11 is 0. The van der Waals surface area contributed by atoms with Crippen molar-refractivity contribution in [3.8, 4) is 0 Å². The van der Waals surface area contributed by atoms with Gasteiger partial charge in [-0.25, -0.2) is 4.79 Å². The van der Waals surface area contributed by atoms with Gasteiger partial charge in [-0.3, -0.25) is 19.3 Å². The highest BCUT2D eigenvalue weighted by molar-refractivity contribution is 6.08. The third-order valence-electron chi connectivity index (χ3n) is 5.06. The van der Waals surface area contributed by atoms with Crippen molar-refractivity contribution in [2.75, 3.05) is 18.1 Å². The molecule has 1 aliphatic heterocycles. The maximum absolute atomic E-state index is 12.8. The molecule has 1 N–H and O–H groups in total. The minimum Gasteiger partial charge on any atom is -0.454 e. The third-order valence-corrected chi connectivity index (χ3v) is 5.06. The Morgan fingerprint density at radius 2 is 1.70 bits per heavy atom. The van der Waals surface area contributed by atoms with Crippen LogP contribution in [0.2, 0.25) is 0 Å². The SMILES string of the molecule is CCCC1(CCC)NC(=O)N(CC(=O)OCC(=O)N(c2ccccc2)C(C)C)C1=O. The molecule has 164 valence electrons. The van der Waals surface area contributed by atoms with Crippen LogP contribution in [0, 0.1) is 0 Å². The minimum absolute atomic E-state index is 0.131. The van der Waals surface area contributed by atoms with E-state index in [1.54, 1.807) is 12.1 Å². The average molecular weight is 418 g/mol. The van der Waals surface area contributed by atoms with Crippen LogP contribution in [-0.4, -0.2) is 53.4 Å². The van der Waals surface area contributed by atoms with Gasteiger partial charge >= 0.3 is 12.0 Å². The van der Waals surface area contributed by atoms with E-state index in [1.807, 2.05) is 45.9 Å². The number of para-hydroxylation sites is 1. The van der Waals surface area contributed by atoms with Crippen LogP contribution in [0.1, 0.15) is 53.4 Å². The molecule has 1 saturated heterocycles. The lowest BCUT2D eigenvalue weighted by atomic mass is 9.88. The third kappa shape index (κ3) is 5.17. The molecule has 30 heavy (non-hydrogen) atoms. The van der Waals surface area contributed by atoms with Crippen LogP contribution >= 0.6 is 0 Å². The second kappa shape index (κ2) is 10.2. The Hall–Kier alpha value is -2.90. The first-order valence-corrected chi connectivity index (χ1v) is 10.4. The standard InChI is InChI=1S/C22H31N3O5/c1-5-12-22(13-6-2)20(28)24(21(29)23-22)14-19(27)30-15-18(26)25(16(3)4)17-10-8-7-9-11-17/h7-11,16H,5-6,12-15H2,1-4H3,(H,23,29). The van der Waals surface area contributed by atoms with E-state index in [4.69, 9.17) is 4.74 Å². The number of rotatable bonds is 10. The summed E-state index contributed by atoms with van der Waals surface area (Å²) in [5.41, 5.74) is -0.259. The first-order valence-electron chi connectivity index (χ1n) is 10.4. The molecule has 8 nitrogen and oxygen atoms in total. The number of imide groups is 1. The Balaban J connectivity index is 1.99. The zero-order valence-corrected chi connectivity index (χ0v) is 18.1. The van der Waals surface area contributed by atoms with Gasteiger partial charge in [0.1, 0.15) is 12.1 Å². The van der Waals surface area contributed by atoms with Crippen molar-refractivity contribution in [1.29, 1.82) is 0 Å². The first-order chi connectivity index (χ1) is 14.3. The highest BCUT2D eigenvalue weighted by atomic mass is 16.5. The topological polar surface area (TPSA) is 96.0 Å². The van der Waals surface area contributed by atoms with Crippen LogP contribution < -0.4 is 10.2 Å². The fourth-order valence-corrected chi connectivity index (χ4v) is 3.84. The van der Waals surface area contributed by atoms with Gasteiger partial charge in [0.15, 0.2) is 6.61 Å². The molecule has 0 unspecified atom stereocenters. The number of nitrogens with one attached hydrogen (secondary N) is 1. The number of anilines is 1. The van der Waals surface area contributed by atoms with E-state index in [-0.39, 0.29) is 11.9 Å². The Bertz CT molecular complexity index is 772. The van der Waals surface area contributed by atoms with E-state index in [9.17, 15) is 19.2 Å². The molecular weight excluding hydrogens is 386 g/mol. The molecular formula is C22H31N3O5. The maximum atomic E-state index is 12.8. The zero-order chi connectivity index (χ0) is 22.3. The molecule has 1 aliphatic rings. The summed E-state index contributed by atoms with van der Waals surface area (Å²) in [6, 6.07) is 8.36. The number of urea groups is 1. The van der Waals surface area contributed by atoms with Gasteiger partial charge in [0.05, 0.1) is 0 Å². The molecule has 2 rings (SSSR count). The molecule has 0 atom stereocenters. The Morgan fingerprint density at radius 3 is 2.23 bits per heavy atom. The molecule has 1 heterocycles. The molecule has 0 spiro atoms. The van der Waals surface area contributed by atoms with Gasteiger partial charge in [-0.15, -0.1) is 0 Å². The molecule has 0 bridgehead atoms. The fraction of sp³-hybridized carbons (Fsp3) is 0.545. The van der Waals surface area contributed by atoms with Crippen LogP contribution in [0.3, 0.4) is 0 Å². The van der Waals surface area contributed by atoms with Gasteiger partial charge in [0.25, 0.3) is 11.8 Å². The molecule has 0 aromatic heterocycles. The Kier molecular flexibility index (Phi) is 7.97. The van der Waals surface area contributed by atoms with Gasteiger partial charge < -0.3 is 15.0 Å². The lowest BCUT2D eigenvalue weighted by Gasteiger charge is -2.27. The minimum atomic E-state index is -0.960.